The molecule has 0 spiro atoms. The first kappa shape index (κ1) is 14.2. The topological polar surface area (TPSA) is 43.5 Å². The van der Waals surface area contributed by atoms with Crippen molar-refractivity contribution in [3.8, 4) is 0 Å². The Kier molecular flexibility index (Phi) is 3.49. The second kappa shape index (κ2) is 5.65. The quantitative estimate of drug-likeness (QED) is 0.809. The van der Waals surface area contributed by atoms with Gasteiger partial charge in [-0.3, -0.25) is 0 Å². The Balaban J connectivity index is 1.84. The van der Waals surface area contributed by atoms with Gasteiger partial charge in [0.2, 0.25) is 0 Å². The van der Waals surface area contributed by atoms with Crippen LogP contribution in [0.2, 0.25) is 0 Å². The van der Waals surface area contributed by atoms with Crippen molar-refractivity contribution in [2.75, 3.05) is 0 Å². The summed E-state index contributed by atoms with van der Waals surface area (Å²) >= 11 is 0. The summed E-state index contributed by atoms with van der Waals surface area (Å²) in [7, 11) is 0. The number of hydrogen-bond acceptors (Lipinski definition) is 2. The maximum atomic E-state index is 13.0. The number of carbonyl (C=O) groups is 1. The number of nitrogens with zero attached hydrogens (tertiary/aromatic N) is 2. The van der Waals surface area contributed by atoms with Gasteiger partial charge in [-0.1, -0.05) is 72.6 Å². The molecule has 2 aromatic rings. The van der Waals surface area contributed by atoms with E-state index in [4.69, 9.17) is 0 Å². The average Bonchev–Trinajstić information content (AvgIpc) is 2.92. The summed E-state index contributed by atoms with van der Waals surface area (Å²) < 4.78 is 0. The number of carbonyl (C=O) groups excluding carboxylic acids is 1. The molecule has 0 amide bonds. The monoisotopic (exact) mass is 303 g/mol. The van der Waals surface area contributed by atoms with Crippen LogP contribution in [0, 0.1) is 5.92 Å². The Hall–Kier alpha value is -2.42. The van der Waals surface area contributed by atoms with Crippen LogP contribution in [0.4, 0.5) is 0 Å². The minimum Gasteiger partial charge on any atom is -0.586 e. The molecule has 0 N–H and O–H groups in total. The summed E-state index contributed by atoms with van der Waals surface area (Å²) in [5.41, 5.74) is 6.80. The molecular formula is C20H19N2O-. The molecule has 0 aromatic heterocycles. The fourth-order valence-electron chi connectivity index (χ4n) is 3.87. The third-order valence-corrected chi connectivity index (χ3v) is 5.01. The maximum absolute atomic E-state index is 13.0. The van der Waals surface area contributed by atoms with Gasteiger partial charge in [0.15, 0.2) is 0 Å². The second-order valence-electron chi connectivity index (χ2n) is 6.31. The summed E-state index contributed by atoms with van der Waals surface area (Å²) in [5.74, 6) is 0.253. The van der Waals surface area contributed by atoms with E-state index in [1.165, 1.54) is 0 Å². The maximum Gasteiger partial charge on any atom is 0.127 e. The Morgan fingerprint density at radius 3 is 2.39 bits per heavy atom. The summed E-state index contributed by atoms with van der Waals surface area (Å²) in [6.45, 7) is 0. The van der Waals surface area contributed by atoms with Gasteiger partial charge < -0.3 is 15.3 Å². The Morgan fingerprint density at radius 2 is 1.65 bits per heavy atom. The number of rotatable bonds is 2. The smallest absolute Gasteiger partial charge is 0.127 e. The van der Waals surface area contributed by atoms with Crippen molar-refractivity contribution in [2.24, 2.45) is 11.0 Å². The van der Waals surface area contributed by atoms with Crippen molar-refractivity contribution in [2.45, 2.75) is 31.2 Å². The zero-order chi connectivity index (χ0) is 15.7. The van der Waals surface area contributed by atoms with Gasteiger partial charge in [-0.05, 0) is 18.4 Å². The van der Waals surface area contributed by atoms with Gasteiger partial charge >= 0.3 is 0 Å². The fourth-order valence-corrected chi connectivity index (χ4v) is 3.87. The van der Waals surface area contributed by atoms with E-state index in [1.54, 1.807) is 0 Å². The minimum absolute atomic E-state index is 0.0438. The molecule has 0 unspecified atom stereocenters. The number of hydrogen-bond donors (Lipinski definition) is 0. The van der Waals surface area contributed by atoms with Crippen molar-refractivity contribution >= 4 is 11.5 Å². The van der Waals surface area contributed by atoms with Crippen molar-refractivity contribution in [1.29, 1.82) is 0 Å². The number of fused-ring (bicyclic) bond motifs is 1. The highest BCUT2D eigenvalue weighted by Crippen LogP contribution is 2.50. The Labute approximate surface area is 136 Å². The van der Waals surface area contributed by atoms with E-state index in [-0.39, 0.29) is 11.7 Å². The predicted molar refractivity (Wildman–Crippen MR) is 91.4 cm³/mol. The molecule has 116 valence electrons. The van der Waals surface area contributed by atoms with Crippen LogP contribution in [0.15, 0.2) is 65.8 Å². The normalized spacial score (nSPS) is 26.9. The molecule has 4 rings (SSSR count). The second-order valence-corrected chi connectivity index (χ2v) is 6.31. The lowest BCUT2D eigenvalue weighted by molar-refractivity contribution is -0.123. The van der Waals surface area contributed by atoms with E-state index in [1.807, 2.05) is 48.5 Å². The Bertz CT molecular complexity index is 739. The third kappa shape index (κ3) is 2.19. The summed E-state index contributed by atoms with van der Waals surface area (Å²) in [5, 5.41) is 4.51. The van der Waals surface area contributed by atoms with E-state index in [0.717, 1.165) is 36.1 Å². The third-order valence-electron chi connectivity index (χ3n) is 5.01. The Morgan fingerprint density at radius 1 is 0.957 bits per heavy atom. The van der Waals surface area contributed by atoms with Gasteiger partial charge in [-0.15, -0.1) is 0 Å². The molecule has 0 bridgehead atoms. The van der Waals surface area contributed by atoms with Crippen LogP contribution in [0.5, 0.6) is 0 Å². The van der Waals surface area contributed by atoms with E-state index in [2.05, 4.69) is 22.7 Å². The molecule has 2 atom stereocenters. The molecule has 0 radical (unpaired) electrons. The fraction of sp³-hybridized carbons (Fsp3) is 0.300. The van der Waals surface area contributed by atoms with E-state index in [9.17, 15) is 4.79 Å². The molecule has 1 aliphatic heterocycles. The average molecular weight is 303 g/mol. The largest absolute Gasteiger partial charge is 0.586 e. The molecule has 3 heteroatoms. The van der Waals surface area contributed by atoms with Gasteiger partial charge in [-0.25, -0.2) is 0 Å². The molecule has 1 fully saturated rings. The van der Waals surface area contributed by atoms with Crippen LogP contribution >= 0.6 is 0 Å². The lowest BCUT2D eigenvalue weighted by Crippen LogP contribution is -2.41. The van der Waals surface area contributed by atoms with Crippen LogP contribution < -0.4 is 0 Å². The van der Waals surface area contributed by atoms with Crippen LogP contribution in [-0.4, -0.2) is 11.5 Å². The summed E-state index contributed by atoms with van der Waals surface area (Å²) in [6.07, 6.45) is 3.54. The zero-order valence-electron chi connectivity index (χ0n) is 13.0. The van der Waals surface area contributed by atoms with E-state index in [0.29, 0.717) is 6.42 Å². The first-order chi connectivity index (χ1) is 11.3. The SMILES string of the molecule is O=C1CCCC[C@H]2C(c3ccccc3)=N[N-][C@@]12c1ccccc1. The molecular weight excluding hydrogens is 284 g/mol. The van der Waals surface area contributed by atoms with Gasteiger partial charge in [-0.2, -0.15) is 0 Å². The van der Waals surface area contributed by atoms with Crippen molar-refractivity contribution in [3.05, 3.63) is 77.2 Å². The van der Waals surface area contributed by atoms with Crippen molar-refractivity contribution in [1.82, 2.24) is 0 Å². The number of benzene rings is 2. The summed E-state index contributed by atoms with van der Waals surface area (Å²) in [4.78, 5) is 13.0. The highest BCUT2D eigenvalue weighted by atomic mass is 16.1. The van der Waals surface area contributed by atoms with Gasteiger partial charge in [0.1, 0.15) is 5.78 Å². The zero-order valence-corrected chi connectivity index (χ0v) is 13.0. The highest BCUT2D eigenvalue weighted by molar-refractivity contribution is 6.11. The summed E-state index contributed by atoms with van der Waals surface area (Å²) in [6, 6.07) is 20.1. The first-order valence-electron chi connectivity index (χ1n) is 8.26. The van der Waals surface area contributed by atoms with Gasteiger partial charge in [0, 0.05) is 23.6 Å². The van der Waals surface area contributed by atoms with Crippen LogP contribution in [0.25, 0.3) is 5.43 Å². The first-order valence-corrected chi connectivity index (χ1v) is 8.26. The van der Waals surface area contributed by atoms with E-state index < -0.39 is 5.54 Å². The molecule has 1 saturated carbocycles. The molecule has 2 aliphatic rings. The lowest BCUT2D eigenvalue weighted by atomic mass is 9.72. The van der Waals surface area contributed by atoms with Crippen LogP contribution in [0.3, 0.4) is 0 Å². The standard InChI is InChI=1S/C20H19N2O/c23-18-14-8-7-13-17-19(15-9-3-1-4-10-15)21-22-20(17,18)16-11-5-2-6-12-16/h1-6,9-12,17H,7-8,13-14H2/q-1/t17-,20+/m0/s1. The van der Waals surface area contributed by atoms with Crippen LogP contribution in [0.1, 0.15) is 36.8 Å². The van der Waals surface area contributed by atoms with Gasteiger partial charge in [0.25, 0.3) is 0 Å². The molecule has 23 heavy (non-hydrogen) atoms. The van der Waals surface area contributed by atoms with Crippen molar-refractivity contribution < 1.29 is 4.79 Å². The van der Waals surface area contributed by atoms with Crippen LogP contribution in [-0.2, 0) is 10.3 Å². The lowest BCUT2D eigenvalue weighted by Gasteiger charge is -2.43. The van der Waals surface area contributed by atoms with E-state index >= 15 is 0 Å². The number of ketones is 1. The van der Waals surface area contributed by atoms with Gasteiger partial charge in [0.05, 0.1) is 0 Å². The predicted octanol–water partition coefficient (Wildman–Crippen LogP) is 4.43. The molecule has 0 saturated heterocycles. The highest BCUT2D eigenvalue weighted by Gasteiger charge is 2.45. The molecule has 1 aliphatic carbocycles. The molecule has 1 heterocycles. The molecule has 3 nitrogen and oxygen atoms in total. The van der Waals surface area contributed by atoms with Crippen molar-refractivity contribution in [3.63, 3.8) is 0 Å². The minimum atomic E-state index is -0.817. The number of Topliss-reactive ketones (excluding diaryl/α,β-unsaturated/α-hetero) is 1. The molecule has 2 aromatic carbocycles.